The average Bonchev–Trinajstić information content (AvgIpc) is 2.69. The number of piperidine rings is 1. The van der Waals surface area contributed by atoms with Gasteiger partial charge in [-0.05, 0) is 44.4 Å². The number of rotatable bonds is 3. The third-order valence-corrected chi connectivity index (χ3v) is 3.77. The molecule has 0 N–H and O–H groups in total. The molecule has 0 aromatic rings. The maximum Gasteiger partial charge on any atom is 0.223 e. The monoisotopic (exact) mass is 237 g/mol. The van der Waals surface area contributed by atoms with Gasteiger partial charge in [0, 0.05) is 30.5 Å². The van der Waals surface area contributed by atoms with E-state index in [0.29, 0.717) is 19.0 Å². The van der Waals surface area contributed by atoms with Crippen molar-refractivity contribution >= 4 is 5.91 Å². The molecule has 2 aliphatic heterocycles. The standard InChI is InChI=1S/C11H19N5O/c1-15-4-2-10(3-5-15)16-8-9(6-11(16)17)7-13-14-12/h9-10H,2-8H2,1H3. The second-order valence-corrected chi connectivity index (χ2v) is 5.06. The Morgan fingerprint density at radius 3 is 2.82 bits per heavy atom. The first kappa shape index (κ1) is 12.2. The summed E-state index contributed by atoms with van der Waals surface area (Å²) in [5, 5.41) is 3.57. The maximum atomic E-state index is 11.9. The Hall–Kier alpha value is -1.26. The van der Waals surface area contributed by atoms with Gasteiger partial charge in [0.1, 0.15) is 0 Å². The SMILES string of the molecule is CN1CCC(N2CC(CN=[N+]=[N-])CC2=O)CC1. The van der Waals surface area contributed by atoms with Crippen LogP contribution < -0.4 is 0 Å². The average molecular weight is 237 g/mol. The highest BCUT2D eigenvalue weighted by Crippen LogP contribution is 2.25. The van der Waals surface area contributed by atoms with Crippen LogP contribution >= 0.6 is 0 Å². The minimum absolute atomic E-state index is 0.220. The van der Waals surface area contributed by atoms with Gasteiger partial charge in [0.15, 0.2) is 0 Å². The highest BCUT2D eigenvalue weighted by Gasteiger charge is 2.34. The van der Waals surface area contributed by atoms with Gasteiger partial charge in [-0.3, -0.25) is 4.79 Å². The summed E-state index contributed by atoms with van der Waals surface area (Å²) in [6.07, 6.45) is 2.68. The van der Waals surface area contributed by atoms with Crippen molar-refractivity contribution in [1.82, 2.24) is 9.80 Å². The van der Waals surface area contributed by atoms with E-state index in [4.69, 9.17) is 5.53 Å². The van der Waals surface area contributed by atoms with Crippen molar-refractivity contribution in [2.45, 2.75) is 25.3 Å². The molecule has 2 saturated heterocycles. The van der Waals surface area contributed by atoms with Crippen LogP contribution in [0.2, 0.25) is 0 Å². The van der Waals surface area contributed by atoms with E-state index in [1.165, 1.54) is 0 Å². The van der Waals surface area contributed by atoms with Crippen molar-refractivity contribution in [2.75, 3.05) is 33.2 Å². The number of carbonyl (C=O) groups is 1. The van der Waals surface area contributed by atoms with Crippen LogP contribution in [-0.2, 0) is 4.79 Å². The fourth-order valence-electron chi connectivity index (χ4n) is 2.74. The molecule has 2 aliphatic rings. The first-order chi connectivity index (χ1) is 8.20. The molecule has 17 heavy (non-hydrogen) atoms. The molecule has 0 bridgehead atoms. The Labute approximate surface area is 101 Å². The topological polar surface area (TPSA) is 72.3 Å². The lowest BCUT2D eigenvalue weighted by Crippen LogP contribution is -2.44. The van der Waals surface area contributed by atoms with Crippen molar-refractivity contribution in [3.05, 3.63) is 10.4 Å². The van der Waals surface area contributed by atoms with Crippen LogP contribution in [0.15, 0.2) is 5.11 Å². The summed E-state index contributed by atoms with van der Waals surface area (Å²) in [5.41, 5.74) is 8.29. The Kier molecular flexibility index (Phi) is 3.86. The first-order valence-electron chi connectivity index (χ1n) is 6.19. The summed E-state index contributed by atoms with van der Waals surface area (Å²) in [4.78, 5) is 19.0. The highest BCUT2D eigenvalue weighted by molar-refractivity contribution is 5.79. The number of amides is 1. The van der Waals surface area contributed by atoms with Crippen LogP contribution in [0.5, 0.6) is 0 Å². The molecular formula is C11H19N5O. The van der Waals surface area contributed by atoms with Gasteiger partial charge in [0.2, 0.25) is 5.91 Å². The summed E-state index contributed by atoms with van der Waals surface area (Å²) in [7, 11) is 2.12. The molecule has 0 aromatic carbocycles. The van der Waals surface area contributed by atoms with Crippen LogP contribution in [0.25, 0.3) is 10.4 Å². The molecular weight excluding hydrogens is 218 g/mol. The maximum absolute atomic E-state index is 11.9. The van der Waals surface area contributed by atoms with Crippen molar-refractivity contribution in [3.8, 4) is 0 Å². The largest absolute Gasteiger partial charge is 0.339 e. The Balaban J connectivity index is 1.89. The number of likely N-dealkylation sites (tertiary alicyclic amines) is 2. The molecule has 0 saturated carbocycles. The van der Waals surface area contributed by atoms with Gasteiger partial charge >= 0.3 is 0 Å². The molecule has 94 valence electrons. The Morgan fingerprint density at radius 2 is 2.18 bits per heavy atom. The smallest absolute Gasteiger partial charge is 0.223 e. The fraction of sp³-hybridized carbons (Fsp3) is 0.909. The van der Waals surface area contributed by atoms with E-state index in [0.717, 1.165) is 32.5 Å². The zero-order chi connectivity index (χ0) is 12.3. The minimum atomic E-state index is 0.220. The fourth-order valence-corrected chi connectivity index (χ4v) is 2.74. The van der Waals surface area contributed by atoms with Crippen molar-refractivity contribution in [1.29, 1.82) is 0 Å². The Bertz CT molecular complexity index is 331. The van der Waals surface area contributed by atoms with E-state index in [1.54, 1.807) is 0 Å². The predicted molar refractivity (Wildman–Crippen MR) is 64.4 cm³/mol. The second kappa shape index (κ2) is 5.38. The molecule has 2 heterocycles. The van der Waals surface area contributed by atoms with E-state index < -0.39 is 0 Å². The van der Waals surface area contributed by atoms with E-state index in [-0.39, 0.29) is 11.8 Å². The number of carbonyl (C=O) groups excluding carboxylic acids is 1. The van der Waals surface area contributed by atoms with Crippen molar-refractivity contribution in [3.63, 3.8) is 0 Å². The van der Waals surface area contributed by atoms with Gasteiger partial charge in [-0.15, -0.1) is 0 Å². The quantitative estimate of drug-likeness (QED) is 0.421. The molecule has 1 atom stereocenters. The zero-order valence-corrected chi connectivity index (χ0v) is 10.2. The lowest BCUT2D eigenvalue weighted by molar-refractivity contribution is -0.130. The Morgan fingerprint density at radius 1 is 1.47 bits per heavy atom. The van der Waals surface area contributed by atoms with Crippen LogP contribution in [-0.4, -0.2) is 55.0 Å². The summed E-state index contributed by atoms with van der Waals surface area (Å²) < 4.78 is 0. The molecule has 6 nitrogen and oxygen atoms in total. The molecule has 0 aliphatic carbocycles. The molecule has 0 aromatic heterocycles. The summed E-state index contributed by atoms with van der Waals surface area (Å²) in [6.45, 7) is 3.35. The van der Waals surface area contributed by atoms with Gasteiger partial charge in [-0.2, -0.15) is 0 Å². The minimum Gasteiger partial charge on any atom is -0.339 e. The number of azide groups is 1. The number of hydrogen-bond donors (Lipinski definition) is 0. The zero-order valence-electron chi connectivity index (χ0n) is 10.2. The van der Waals surface area contributed by atoms with Crippen LogP contribution in [0.3, 0.4) is 0 Å². The van der Waals surface area contributed by atoms with E-state index in [9.17, 15) is 4.79 Å². The van der Waals surface area contributed by atoms with Crippen LogP contribution in [0.4, 0.5) is 0 Å². The van der Waals surface area contributed by atoms with Crippen LogP contribution in [0, 0.1) is 5.92 Å². The molecule has 1 amide bonds. The number of hydrogen-bond acceptors (Lipinski definition) is 3. The van der Waals surface area contributed by atoms with Crippen molar-refractivity contribution in [2.24, 2.45) is 11.0 Å². The predicted octanol–water partition coefficient (Wildman–Crippen LogP) is 1.24. The van der Waals surface area contributed by atoms with E-state index in [2.05, 4.69) is 22.0 Å². The third kappa shape index (κ3) is 2.90. The molecule has 1 unspecified atom stereocenters. The molecule has 0 radical (unpaired) electrons. The summed E-state index contributed by atoms with van der Waals surface area (Å²) >= 11 is 0. The molecule has 2 fully saturated rings. The van der Waals surface area contributed by atoms with Gasteiger partial charge in [-0.25, -0.2) is 0 Å². The lowest BCUT2D eigenvalue weighted by atomic mass is 10.0. The van der Waals surface area contributed by atoms with Gasteiger partial charge in [0.05, 0.1) is 0 Å². The van der Waals surface area contributed by atoms with Gasteiger partial charge in [-0.1, -0.05) is 5.11 Å². The highest BCUT2D eigenvalue weighted by atomic mass is 16.2. The van der Waals surface area contributed by atoms with Gasteiger partial charge < -0.3 is 9.80 Å². The summed E-state index contributed by atoms with van der Waals surface area (Å²) in [6, 6.07) is 0.398. The molecule has 6 heteroatoms. The second-order valence-electron chi connectivity index (χ2n) is 5.06. The normalized spacial score (nSPS) is 27.2. The molecule has 2 rings (SSSR count). The summed E-state index contributed by atoms with van der Waals surface area (Å²) in [5.74, 6) is 0.454. The van der Waals surface area contributed by atoms with Gasteiger partial charge in [0.25, 0.3) is 0 Å². The molecule has 0 spiro atoms. The van der Waals surface area contributed by atoms with Crippen LogP contribution in [0.1, 0.15) is 19.3 Å². The first-order valence-corrected chi connectivity index (χ1v) is 6.19. The lowest BCUT2D eigenvalue weighted by Gasteiger charge is -2.35. The number of nitrogens with zero attached hydrogens (tertiary/aromatic N) is 5. The van der Waals surface area contributed by atoms with E-state index in [1.807, 2.05) is 4.90 Å². The van der Waals surface area contributed by atoms with E-state index >= 15 is 0 Å². The van der Waals surface area contributed by atoms with Crippen molar-refractivity contribution < 1.29 is 4.79 Å². The third-order valence-electron chi connectivity index (χ3n) is 3.77.